The van der Waals surface area contributed by atoms with Crippen LogP contribution in [0.1, 0.15) is 16.7 Å². The van der Waals surface area contributed by atoms with Crippen LogP contribution in [0.3, 0.4) is 0 Å². The molecule has 0 saturated heterocycles. The first-order valence-corrected chi connectivity index (χ1v) is 12.3. The molecule has 0 atom stereocenters. The predicted octanol–water partition coefficient (Wildman–Crippen LogP) is 8.48. The lowest BCUT2D eigenvalue weighted by molar-refractivity contribution is 0.284. The number of hydrogen-bond donors (Lipinski definition) is 0. The number of nitriles is 1. The quantitative estimate of drug-likeness (QED) is 0.193. The fraction of sp³-hybridized carbons (Fsp3) is 0.0625. The molecule has 0 amide bonds. The summed E-state index contributed by atoms with van der Waals surface area (Å²) in [4.78, 5) is 4.56. The van der Waals surface area contributed by atoms with Gasteiger partial charge in [0.1, 0.15) is 24.0 Å². The van der Waals surface area contributed by atoms with Crippen molar-refractivity contribution in [2.75, 3.05) is 7.11 Å². The Hall–Kier alpha value is -4.79. The fourth-order valence-electron chi connectivity index (χ4n) is 4.07. The van der Waals surface area contributed by atoms with Crippen molar-refractivity contribution in [1.29, 1.82) is 5.26 Å². The van der Waals surface area contributed by atoms with Gasteiger partial charge in [-0.1, -0.05) is 90.5 Å². The van der Waals surface area contributed by atoms with Gasteiger partial charge in [-0.25, -0.2) is 4.99 Å². The van der Waals surface area contributed by atoms with E-state index in [1.807, 2.05) is 103 Å². The number of halogens is 1. The number of methoxy groups -OCH3 is 1. The number of rotatable bonds is 8. The van der Waals surface area contributed by atoms with Crippen molar-refractivity contribution in [3.05, 3.63) is 125 Å². The second kappa shape index (κ2) is 11.5. The highest BCUT2D eigenvalue weighted by Gasteiger charge is 2.22. The van der Waals surface area contributed by atoms with Crippen molar-refractivity contribution < 1.29 is 13.9 Å². The summed E-state index contributed by atoms with van der Waals surface area (Å²) in [6.07, 6.45) is 1.64. The van der Waals surface area contributed by atoms with E-state index in [2.05, 4.69) is 11.1 Å². The SMILES string of the molecule is COc1cc(C=Nc2oc(-c3ccccc3)c(-c3ccccc3)c2C#N)ccc1OCc1ccccc1Cl. The lowest BCUT2D eigenvalue weighted by Gasteiger charge is -2.12. The molecule has 1 heterocycles. The lowest BCUT2D eigenvalue weighted by atomic mass is 9.98. The van der Waals surface area contributed by atoms with E-state index in [1.54, 1.807) is 13.3 Å². The van der Waals surface area contributed by atoms with E-state index in [4.69, 9.17) is 25.5 Å². The number of furan rings is 1. The highest BCUT2D eigenvalue weighted by atomic mass is 35.5. The van der Waals surface area contributed by atoms with Crippen molar-refractivity contribution in [3.63, 3.8) is 0 Å². The van der Waals surface area contributed by atoms with Crippen LogP contribution in [0.5, 0.6) is 11.5 Å². The molecule has 0 aliphatic carbocycles. The van der Waals surface area contributed by atoms with Gasteiger partial charge < -0.3 is 13.9 Å². The van der Waals surface area contributed by atoms with Crippen LogP contribution in [0.25, 0.3) is 22.5 Å². The van der Waals surface area contributed by atoms with Gasteiger partial charge in [0.05, 0.1) is 7.11 Å². The first-order valence-electron chi connectivity index (χ1n) is 11.9. The Morgan fingerprint density at radius 1 is 0.868 bits per heavy atom. The summed E-state index contributed by atoms with van der Waals surface area (Å²) < 4.78 is 17.7. The number of aliphatic imine (C=N–C) groups is 1. The zero-order valence-electron chi connectivity index (χ0n) is 20.6. The molecule has 4 aromatic carbocycles. The summed E-state index contributed by atoms with van der Waals surface area (Å²) in [5, 5.41) is 10.7. The summed E-state index contributed by atoms with van der Waals surface area (Å²) >= 11 is 6.24. The van der Waals surface area contributed by atoms with Crippen LogP contribution in [-0.4, -0.2) is 13.3 Å². The zero-order valence-corrected chi connectivity index (χ0v) is 21.4. The van der Waals surface area contributed by atoms with E-state index in [0.29, 0.717) is 40.0 Å². The monoisotopic (exact) mass is 518 g/mol. The molecule has 5 aromatic rings. The van der Waals surface area contributed by atoms with E-state index in [-0.39, 0.29) is 5.88 Å². The molecule has 5 nitrogen and oxygen atoms in total. The summed E-state index contributed by atoms with van der Waals surface area (Å²) in [5.74, 6) is 1.97. The van der Waals surface area contributed by atoms with Crippen molar-refractivity contribution >= 4 is 23.7 Å². The van der Waals surface area contributed by atoms with Gasteiger partial charge in [-0.05, 0) is 35.4 Å². The molecule has 38 heavy (non-hydrogen) atoms. The summed E-state index contributed by atoms with van der Waals surface area (Å²) in [6.45, 7) is 0.311. The second-order valence-electron chi connectivity index (χ2n) is 8.38. The highest BCUT2D eigenvalue weighted by molar-refractivity contribution is 6.31. The largest absolute Gasteiger partial charge is 0.493 e. The maximum absolute atomic E-state index is 10.1. The van der Waals surface area contributed by atoms with Crippen molar-refractivity contribution in [3.8, 4) is 40.0 Å². The normalized spacial score (nSPS) is 10.9. The minimum Gasteiger partial charge on any atom is -0.493 e. The fourth-order valence-corrected chi connectivity index (χ4v) is 4.26. The first kappa shape index (κ1) is 24.9. The number of nitrogens with zero attached hydrogens (tertiary/aromatic N) is 2. The minimum absolute atomic E-state index is 0.239. The molecule has 1 aromatic heterocycles. The van der Waals surface area contributed by atoms with Crippen LogP contribution in [0.2, 0.25) is 5.02 Å². The van der Waals surface area contributed by atoms with Gasteiger partial charge in [-0.15, -0.1) is 0 Å². The lowest BCUT2D eigenvalue weighted by Crippen LogP contribution is -1.99. The second-order valence-corrected chi connectivity index (χ2v) is 8.79. The molecule has 186 valence electrons. The van der Waals surface area contributed by atoms with Gasteiger partial charge >= 0.3 is 0 Å². The van der Waals surface area contributed by atoms with Gasteiger partial charge in [-0.3, -0.25) is 0 Å². The zero-order chi connectivity index (χ0) is 26.3. The molecule has 6 heteroatoms. The van der Waals surface area contributed by atoms with Gasteiger partial charge in [0.2, 0.25) is 5.88 Å². The third-order valence-electron chi connectivity index (χ3n) is 5.96. The van der Waals surface area contributed by atoms with Gasteiger partial charge in [0, 0.05) is 27.9 Å². The Kier molecular flexibility index (Phi) is 7.54. The molecule has 0 radical (unpaired) electrons. The number of hydrogen-bond acceptors (Lipinski definition) is 5. The molecule has 0 spiro atoms. The average Bonchev–Trinajstić information content (AvgIpc) is 3.35. The molecule has 0 aliphatic heterocycles. The van der Waals surface area contributed by atoms with Crippen molar-refractivity contribution in [2.45, 2.75) is 6.61 Å². The van der Waals surface area contributed by atoms with Crippen LogP contribution < -0.4 is 9.47 Å². The number of benzene rings is 4. The molecule has 0 unspecified atom stereocenters. The molecule has 0 saturated carbocycles. The van der Waals surface area contributed by atoms with Crippen LogP contribution in [0, 0.1) is 11.3 Å². The Morgan fingerprint density at radius 3 is 2.24 bits per heavy atom. The van der Waals surface area contributed by atoms with Crippen molar-refractivity contribution in [1.82, 2.24) is 0 Å². The topological polar surface area (TPSA) is 67.8 Å². The van der Waals surface area contributed by atoms with Gasteiger partial charge in [-0.2, -0.15) is 5.26 Å². The smallest absolute Gasteiger partial charge is 0.238 e. The Balaban J connectivity index is 1.47. The predicted molar refractivity (Wildman–Crippen MR) is 150 cm³/mol. The highest BCUT2D eigenvalue weighted by Crippen LogP contribution is 2.42. The molecule has 0 N–H and O–H groups in total. The van der Waals surface area contributed by atoms with Crippen LogP contribution in [0.4, 0.5) is 5.88 Å². The molecular weight excluding hydrogens is 496 g/mol. The van der Waals surface area contributed by atoms with Crippen molar-refractivity contribution in [2.24, 2.45) is 4.99 Å². The van der Waals surface area contributed by atoms with Crippen LogP contribution in [0.15, 0.2) is 113 Å². The minimum atomic E-state index is 0.239. The van der Waals surface area contributed by atoms with Crippen LogP contribution >= 0.6 is 11.6 Å². The maximum atomic E-state index is 10.1. The maximum Gasteiger partial charge on any atom is 0.238 e. The Labute approximate surface area is 226 Å². The first-order chi connectivity index (χ1) is 18.7. The molecule has 0 fully saturated rings. The third kappa shape index (κ3) is 5.31. The molecule has 0 aliphatic rings. The third-order valence-corrected chi connectivity index (χ3v) is 6.33. The standard InChI is InChI=1S/C32H23ClN2O3/c1-36-29-18-22(16-17-28(29)37-21-25-14-8-9-15-27(25)33)20-35-32-26(19-34)30(23-10-4-2-5-11-23)31(38-32)24-12-6-3-7-13-24/h2-18,20H,21H2,1H3. The van der Waals surface area contributed by atoms with Gasteiger partial charge in [0.15, 0.2) is 11.5 Å². The Bertz CT molecular complexity index is 1620. The summed E-state index contributed by atoms with van der Waals surface area (Å²) in [5.41, 5.74) is 4.48. The molecular formula is C32H23ClN2O3. The van der Waals surface area contributed by atoms with E-state index in [9.17, 15) is 5.26 Å². The molecule has 5 rings (SSSR count). The van der Waals surface area contributed by atoms with E-state index >= 15 is 0 Å². The van der Waals surface area contributed by atoms with E-state index in [0.717, 1.165) is 22.3 Å². The summed E-state index contributed by atoms with van der Waals surface area (Å²) in [6, 6.07) is 34.7. The molecule has 0 bridgehead atoms. The van der Waals surface area contributed by atoms with E-state index < -0.39 is 0 Å². The summed E-state index contributed by atoms with van der Waals surface area (Å²) in [7, 11) is 1.58. The van der Waals surface area contributed by atoms with E-state index in [1.165, 1.54) is 0 Å². The Morgan fingerprint density at radius 2 is 1.55 bits per heavy atom. The average molecular weight is 519 g/mol. The van der Waals surface area contributed by atoms with Gasteiger partial charge in [0.25, 0.3) is 0 Å². The van der Waals surface area contributed by atoms with Crippen LogP contribution in [-0.2, 0) is 6.61 Å². The number of ether oxygens (including phenoxy) is 2.